The summed E-state index contributed by atoms with van der Waals surface area (Å²) in [5.41, 5.74) is 4.94. The summed E-state index contributed by atoms with van der Waals surface area (Å²) in [5, 5.41) is 4.31. The average molecular weight is 464 g/mol. The molecule has 32 heavy (non-hydrogen) atoms. The van der Waals surface area contributed by atoms with Crippen LogP contribution in [0.5, 0.6) is 0 Å². The number of carbonyl (C=O) groups excluding carboxylic acids is 1. The number of aromatic nitrogens is 2. The van der Waals surface area contributed by atoms with Crippen molar-refractivity contribution in [2.24, 2.45) is 0 Å². The minimum atomic E-state index is -0.227. The largest absolute Gasteiger partial charge is 0.324 e. The number of amides is 1. The molecular weight excluding hydrogens is 442 g/mol. The predicted molar refractivity (Wildman–Crippen MR) is 132 cm³/mol. The first kappa shape index (κ1) is 22.1. The summed E-state index contributed by atoms with van der Waals surface area (Å²) < 4.78 is 1.57. The number of nitrogens with zero attached hydrogens (tertiary/aromatic N) is 2. The Kier molecular flexibility index (Phi) is 6.35. The van der Waals surface area contributed by atoms with Gasteiger partial charge in [0.15, 0.2) is 5.16 Å². The maximum absolute atomic E-state index is 13.3. The molecule has 0 atom stereocenters. The molecule has 4 aromatic rings. The Morgan fingerprint density at radius 2 is 1.81 bits per heavy atom. The first-order valence-electron chi connectivity index (χ1n) is 10.1. The number of anilines is 1. The van der Waals surface area contributed by atoms with Crippen LogP contribution in [0.15, 0.2) is 70.6 Å². The Bertz CT molecular complexity index is 1400. The topological polar surface area (TPSA) is 64.0 Å². The molecule has 1 amide bonds. The highest BCUT2D eigenvalue weighted by atomic mass is 35.5. The number of hydrogen-bond acceptors (Lipinski definition) is 4. The zero-order chi connectivity index (χ0) is 22.8. The molecule has 7 heteroatoms. The van der Waals surface area contributed by atoms with Gasteiger partial charge in [0.2, 0.25) is 5.91 Å². The minimum Gasteiger partial charge on any atom is -0.324 e. The SMILES string of the molecule is Cc1ccc(NC(=O)CSc2nc3ccccc3c(=O)n2-c2ccc(C)c(C)c2)c(Cl)c1. The number of nitrogens with one attached hydrogen (secondary N) is 1. The molecule has 0 aliphatic heterocycles. The monoisotopic (exact) mass is 463 g/mol. The Labute approximate surface area is 195 Å². The molecule has 1 heterocycles. The molecule has 1 aromatic heterocycles. The van der Waals surface area contributed by atoms with Crippen molar-refractivity contribution in [1.29, 1.82) is 0 Å². The summed E-state index contributed by atoms with van der Waals surface area (Å²) in [4.78, 5) is 30.7. The number of benzene rings is 3. The van der Waals surface area contributed by atoms with Crippen molar-refractivity contribution in [2.45, 2.75) is 25.9 Å². The maximum atomic E-state index is 13.3. The number of para-hydroxylation sites is 1. The van der Waals surface area contributed by atoms with Crippen molar-refractivity contribution in [1.82, 2.24) is 9.55 Å². The van der Waals surface area contributed by atoms with E-state index in [2.05, 4.69) is 5.32 Å². The molecule has 1 N–H and O–H groups in total. The summed E-state index contributed by atoms with van der Waals surface area (Å²) in [6.45, 7) is 5.96. The predicted octanol–water partition coefficient (Wildman–Crippen LogP) is 5.70. The Hall–Kier alpha value is -3.09. The van der Waals surface area contributed by atoms with E-state index in [1.807, 2.05) is 57.2 Å². The van der Waals surface area contributed by atoms with Crippen molar-refractivity contribution in [2.75, 3.05) is 11.1 Å². The maximum Gasteiger partial charge on any atom is 0.266 e. The first-order chi connectivity index (χ1) is 15.3. The third kappa shape index (κ3) is 4.56. The van der Waals surface area contributed by atoms with Gasteiger partial charge in [-0.3, -0.25) is 14.2 Å². The molecule has 0 fully saturated rings. The normalized spacial score (nSPS) is 11.0. The van der Waals surface area contributed by atoms with Gasteiger partial charge in [0, 0.05) is 0 Å². The van der Waals surface area contributed by atoms with E-state index in [0.717, 1.165) is 22.4 Å². The number of rotatable bonds is 5. The number of aryl methyl sites for hydroxylation is 3. The quantitative estimate of drug-likeness (QED) is 0.305. The Balaban J connectivity index is 1.68. The van der Waals surface area contributed by atoms with Crippen LogP contribution in [0, 0.1) is 20.8 Å². The number of thioether (sulfide) groups is 1. The molecule has 0 aliphatic rings. The van der Waals surface area contributed by atoms with Gasteiger partial charge >= 0.3 is 0 Å². The van der Waals surface area contributed by atoms with E-state index in [1.165, 1.54) is 11.8 Å². The van der Waals surface area contributed by atoms with Crippen LogP contribution in [0.2, 0.25) is 5.02 Å². The highest BCUT2D eigenvalue weighted by molar-refractivity contribution is 7.99. The third-order valence-corrected chi connectivity index (χ3v) is 6.48. The molecule has 0 bridgehead atoms. The summed E-state index contributed by atoms with van der Waals surface area (Å²) in [6.07, 6.45) is 0. The molecule has 0 aliphatic carbocycles. The zero-order valence-electron chi connectivity index (χ0n) is 18.0. The minimum absolute atomic E-state index is 0.0832. The van der Waals surface area contributed by atoms with Gasteiger partial charge in [-0.15, -0.1) is 0 Å². The fraction of sp³-hybridized carbons (Fsp3) is 0.160. The van der Waals surface area contributed by atoms with Gasteiger partial charge in [0.1, 0.15) is 0 Å². The second kappa shape index (κ2) is 9.18. The van der Waals surface area contributed by atoms with Gasteiger partial charge in [0.25, 0.3) is 5.56 Å². The smallest absolute Gasteiger partial charge is 0.266 e. The number of hydrogen-bond donors (Lipinski definition) is 1. The lowest BCUT2D eigenvalue weighted by molar-refractivity contribution is -0.113. The molecular formula is C25H22ClN3O2S. The van der Waals surface area contributed by atoms with Gasteiger partial charge in [0.05, 0.1) is 33.1 Å². The van der Waals surface area contributed by atoms with Crippen molar-refractivity contribution in [3.63, 3.8) is 0 Å². The summed E-state index contributed by atoms with van der Waals surface area (Å²) in [7, 11) is 0. The van der Waals surface area contributed by atoms with E-state index >= 15 is 0 Å². The molecule has 0 saturated heterocycles. The molecule has 4 rings (SSSR count). The van der Waals surface area contributed by atoms with Crippen molar-refractivity contribution >= 4 is 45.9 Å². The van der Waals surface area contributed by atoms with E-state index in [-0.39, 0.29) is 17.2 Å². The Morgan fingerprint density at radius 1 is 1.03 bits per heavy atom. The van der Waals surface area contributed by atoms with E-state index in [4.69, 9.17) is 16.6 Å². The van der Waals surface area contributed by atoms with Gasteiger partial charge < -0.3 is 5.32 Å². The van der Waals surface area contributed by atoms with Crippen molar-refractivity contribution in [3.05, 3.63) is 92.7 Å². The lowest BCUT2D eigenvalue weighted by Crippen LogP contribution is -2.23. The van der Waals surface area contributed by atoms with Gasteiger partial charge in [-0.25, -0.2) is 4.98 Å². The van der Waals surface area contributed by atoms with E-state index in [9.17, 15) is 9.59 Å². The summed E-state index contributed by atoms with van der Waals surface area (Å²) >= 11 is 7.44. The summed E-state index contributed by atoms with van der Waals surface area (Å²) in [5.74, 6) is -0.144. The van der Waals surface area contributed by atoms with E-state index in [1.54, 1.807) is 28.8 Å². The van der Waals surface area contributed by atoms with Crippen LogP contribution >= 0.6 is 23.4 Å². The standard InChI is InChI=1S/C25H22ClN3O2S/c1-15-8-11-22(20(26)12-15)27-23(30)14-32-25-28-21-7-5-4-6-19(21)24(31)29(25)18-10-9-16(2)17(3)13-18/h4-13H,14H2,1-3H3,(H,27,30). The van der Waals surface area contributed by atoms with Crippen molar-refractivity contribution < 1.29 is 4.79 Å². The second-order valence-electron chi connectivity index (χ2n) is 7.64. The fourth-order valence-electron chi connectivity index (χ4n) is 3.34. The summed E-state index contributed by atoms with van der Waals surface area (Å²) in [6, 6.07) is 18.5. The molecule has 5 nitrogen and oxygen atoms in total. The molecule has 0 radical (unpaired) electrons. The average Bonchev–Trinajstić information content (AvgIpc) is 2.76. The Morgan fingerprint density at radius 3 is 2.56 bits per heavy atom. The van der Waals surface area contributed by atoms with Crippen LogP contribution in [-0.2, 0) is 4.79 Å². The number of carbonyl (C=O) groups is 1. The lowest BCUT2D eigenvalue weighted by Gasteiger charge is -2.14. The molecule has 0 saturated carbocycles. The molecule has 0 spiro atoms. The van der Waals surface area contributed by atoms with Crippen LogP contribution in [0.25, 0.3) is 16.6 Å². The third-order valence-electron chi connectivity index (χ3n) is 5.22. The lowest BCUT2D eigenvalue weighted by atomic mass is 10.1. The fourth-order valence-corrected chi connectivity index (χ4v) is 4.43. The van der Waals surface area contributed by atoms with E-state index in [0.29, 0.717) is 26.8 Å². The van der Waals surface area contributed by atoms with E-state index < -0.39 is 0 Å². The van der Waals surface area contributed by atoms with Crippen molar-refractivity contribution in [3.8, 4) is 5.69 Å². The number of fused-ring (bicyclic) bond motifs is 1. The molecule has 162 valence electrons. The zero-order valence-corrected chi connectivity index (χ0v) is 19.6. The van der Waals surface area contributed by atoms with Crippen LogP contribution < -0.4 is 10.9 Å². The van der Waals surface area contributed by atoms with Crippen LogP contribution in [-0.4, -0.2) is 21.2 Å². The van der Waals surface area contributed by atoms with Gasteiger partial charge in [-0.05, 0) is 73.9 Å². The molecule has 0 unspecified atom stereocenters. The second-order valence-corrected chi connectivity index (χ2v) is 8.99. The van der Waals surface area contributed by atoms with Crippen LogP contribution in [0.3, 0.4) is 0 Å². The van der Waals surface area contributed by atoms with Crippen LogP contribution in [0.1, 0.15) is 16.7 Å². The highest BCUT2D eigenvalue weighted by Crippen LogP contribution is 2.25. The van der Waals surface area contributed by atoms with Gasteiger partial charge in [-0.2, -0.15) is 0 Å². The number of halogens is 1. The molecule has 3 aromatic carbocycles. The van der Waals surface area contributed by atoms with Crippen LogP contribution in [0.4, 0.5) is 5.69 Å². The highest BCUT2D eigenvalue weighted by Gasteiger charge is 2.16. The first-order valence-corrected chi connectivity index (χ1v) is 11.5. The van der Waals surface area contributed by atoms with Gasteiger partial charge in [-0.1, -0.05) is 47.6 Å².